The Hall–Kier alpha value is -2.21. The number of hydrogen-bond donors (Lipinski definition) is 2. The maximum absolute atomic E-state index is 13.4. The second-order valence-corrected chi connectivity index (χ2v) is 4.35. The number of nitrogens with zero attached hydrogens (tertiary/aromatic N) is 2. The molecule has 0 spiro atoms. The average molecular weight is 276 g/mol. The van der Waals surface area contributed by atoms with E-state index in [4.69, 9.17) is 0 Å². The van der Waals surface area contributed by atoms with Gasteiger partial charge in [-0.3, -0.25) is 4.79 Å². The highest BCUT2D eigenvalue weighted by Gasteiger charge is 2.07. The van der Waals surface area contributed by atoms with E-state index >= 15 is 0 Å². The van der Waals surface area contributed by atoms with Crippen LogP contribution >= 0.6 is 0 Å². The molecule has 0 bridgehead atoms. The van der Waals surface area contributed by atoms with Crippen LogP contribution in [0.3, 0.4) is 0 Å². The van der Waals surface area contributed by atoms with Gasteiger partial charge >= 0.3 is 0 Å². The zero-order valence-corrected chi connectivity index (χ0v) is 11.3. The van der Waals surface area contributed by atoms with Gasteiger partial charge in [0.25, 0.3) is 0 Å². The Balaban J connectivity index is 1.91. The van der Waals surface area contributed by atoms with Crippen LogP contribution in [0.25, 0.3) is 0 Å². The number of para-hydroxylation sites is 1. The summed E-state index contributed by atoms with van der Waals surface area (Å²) in [4.78, 5) is 16.0. The molecule has 0 atom stereocenters. The standard InChI is InChI=1S/C14H17FN4O/c1-2-16-7-11-8-19(10-17-11)9-14(20)18-13-6-4-3-5-12(13)15/h3-6,8,10,16H,2,7,9H2,1H3,(H,18,20). The third kappa shape index (κ3) is 3.89. The van der Waals surface area contributed by atoms with Crippen molar-refractivity contribution >= 4 is 11.6 Å². The number of nitrogens with one attached hydrogen (secondary N) is 2. The number of imidazole rings is 1. The van der Waals surface area contributed by atoms with Crippen LogP contribution in [-0.2, 0) is 17.9 Å². The minimum absolute atomic E-state index is 0.105. The van der Waals surface area contributed by atoms with Crippen LogP contribution in [0.4, 0.5) is 10.1 Å². The topological polar surface area (TPSA) is 59.0 Å². The molecule has 0 saturated heterocycles. The van der Waals surface area contributed by atoms with Gasteiger partial charge in [0.1, 0.15) is 12.4 Å². The van der Waals surface area contributed by atoms with Gasteiger partial charge in [0.15, 0.2) is 0 Å². The highest BCUT2D eigenvalue weighted by molar-refractivity contribution is 5.90. The predicted octanol–water partition coefficient (Wildman–Crippen LogP) is 1.77. The Bertz CT molecular complexity index is 582. The number of rotatable bonds is 6. The number of carbonyl (C=O) groups excluding carboxylic acids is 1. The second kappa shape index (κ2) is 6.81. The zero-order valence-electron chi connectivity index (χ0n) is 11.3. The molecule has 2 rings (SSSR count). The fourth-order valence-electron chi connectivity index (χ4n) is 1.76. The molecule has 2 aromatic rings. The van der Waals surface area contributed by atoms with Gasteiger partial charge in [0, 0.05) is 12.7 Å². The van der Waals surface area contributed by atoms with Gasteiger partial charge < -0.3 is 15.2 Å². The number of hydrogen-bond acceptors (Lipinski definition) is 3. The summed E-state index contributed by atoms with van der Waals surface area (Å²) in [6.07, 6.45) is 3.39. The van der Waals surface area contributed by atoms with Gasteiger partial charge in [-0.1, -0.05) is 19.1 Å². The molecule has 0 aliphatic carbocycles. The summed E-state index contributed by atoms with van der Waals surface area (Å²) in [6, 6.07) is 6.08. The van der Waals surface area contributed by atoms with Gasteiger partial charge in [-0.25, -0.2) is 9.37 Å². The first kappa shape index (κ1) is 14.2. The van der Waals surface area contributed by atoms with Crippen molar-refractivity contribution in [3.63, 3.8) is 0 Å². The first-order chi connectivity index (χ1) is 9.69. The van der Waals surface area contributed by atoms with Gasteiger partial charge in [0.2, 0.25) is 5.91 Å². The molecular weight excluding hydrogens is 259 g/mol. The smallest absolute Gasteiger partial charge is 0.244 e. The Labute approximate surface area is 116 Å². The number of carbonyl (C=O) groups is 1. The largest absolute Gasteiger partial charge is 0.328 e. The third-order valence-corrected chi connectivity index (χ3v) is 2.72. The maximum atomic E-state index is 13.4. The van der Waals surface area contributed by atoms with Crippen molar-refractivity contribution in [3.05, 3.63) is 48.3 Å². The molecule has 20 heavy (non-hydrogen) atoms. The molecule has 1 aromatic carbocycles. The third-order valence-electron chi connectivity index (χ3n) is 2.72. The summed E-state index contributed by atoms with van der Waals surface area (Å²) in [6.45, 7) is 3.64. The van der Waals surface area contributed by atoms with Crippen LogP contribution in [-0.4, -0.2) is 22.0 Å². The first-order valence-electron chi connectivity index (χ1n) is 6.44. The van der Waals surface area contributed by atoms with Crippen molar-refractivity contribution in [1.82, 2.24) is 14.9 Å². The number of anilines is 1. The molecule has 6 heteroatoms. The van der Waals surface area contributed by atoms with Crippen LogP contribution < -0.4 is 10.6 Å². The minimum Gasteiger partial charge on any atom is -0.328 e. The summed E-state index contributed by atoms with van der Waals surface area (Å²) in [7, 11) is 0. The molecular formula is C14H17FN4O. The summed E-state index contributed by atoms with van der Waals surface area (Å²) in [5.74, 6) is -0.734. The van der Waals surface area contributed by atoms with Crippen molar-refractivity contribution in [2.24, 2.45) is 0 Å². The zero-order chi connectivity index (χ0) is 14.4. The lowest BCUT2D eigenvalue weighted by molar-refractivity contribution is -0.116. The molecule has 1 amide bonds. The molecule has 0 aliphatic rings. The molecule has 5 nitrogen and oxygen atoms in total. The van der Waals surface area contributed by atoms with Crippen molar-refractivity contribution in [2.45, 2.75) is 20.0 Å². The van der Waals surface area contributed by atoms with Crippen molar-refractivity contribution in [3.8, 4) is 0 Å². The van der Waals surface area contributed by atoms with Crippen molar-refractivity contribution < 1.29 is 9.18 Å². The van der Waals surface area contributed by atoms with E-state index in [1.165, 1.54) is 12.1 Å². The minimum atomic E-state index is -0.445. The van der Waals surface area contributed by atoms with Gasteiger partial charge in [-0.05, 0) is 18.7 Å². The van der Waals surface area contributed by atoms with E-state index in [1.54, 1.807) is 29.2 Å². The van der Waals surface area contributed by atoms with Gasteiger partial charge in [-0.2, -0.15) is 0 Å². The van der Waals surface area contributed by atoms with E-state index in [1.807, 2.05) is 6.92 Å². The normalized spacial score (nSPS) is 10.5. The Kier molecular flexibility index (Phi) is 4.84. The maximum Gasteiger partial charge on any atom is 0.244 e. The van der Waals surface area contributed by atoms with E-state index in [2.05, 4.69) is 15.6 Å². The molecule has 0 aliphatic heterocycles. The molecule has 106 valence electrons. The Morgan fingerprint density at radius 1 is 1.40 bits per heavy atom. The quantitative estimate of drug-likeness (QED) is 0.845. The fourth-order valence-corrected chi connectivity index (χ4v) is 1.76. The van der Waals surface area contributed by atoms with Crippen molar-refractivity contribution in [2.75, 3.05) is 11.9 Å². The van der Waals surface area contributed by atoms with E-state index < -0.39 is 5.82 Å². The van der Waals surface area contributed by atoms with E-state index in [0.717, 1.165) is 12.2 Å². The lowest BCUT2D eigenvalue weighted by atomic mass is 10.3. The molecule has 0 radical (unpaired) electrons. The highest BCUT2D eigenvalue weighted by Crippen LogP contribution is 2.12. The first-order valence-corrected chi connectivity index (χ1v) is 6.44. The number of aromatic nitrogens is 2. The molecule has 2 N–H and O–H groups in total. The predicted molar refractivity (Wildman–Crippen MR) is 74.6 cm³/mol. The lowest BCUT2D eigenvalue weighted by Crippen LogP contribution is -2.18. The second-order valence-electron chi connectivity index (χ2n) is 4.35. The van der Waals surface area contributed by atoms with E-state index in [0.29, 0.717) is 6.54 Å². The summed E-state index contributed by atoms with van der Waals surface area (Å²) in [5.41, 5.74) is 1.05. The molecule has 0 unspecified atom stereocenters. The summed E-state index contributed by atoms with van der Waals surface area (Å²) < 4.78 is 15.1. The van der Waals surface area contributed by atoms with Gasteiger partial charge in [-0.15, -0.1) is 0 Å². The number of amides is 1. The van der Waals surface area contributed by atoms with Crippen molar-refractivity contribution in [1.29, 1.82) is 0 Å². The highest BCUT2D eigenvalue weighted by atomic mass is 19.1. The summed E-state index contributed by atoms with van der Waals surface area (Å²) >= 11 is 0. The summed E-state index contributed by atoms with van der Waals surface area (Å²) in [5, 5.41) is 5.69. The Morgan fingerprint density at radius 2 is 2.20 bits per heavy atom. The monoisotopic (exact) mass is 276 g/mol. The Morgan fingerprint density at radius 3 is 2.95 bits per heavy atom. The van der Waals surface area contributed by atoms with E-state index in [9.17, 15) is 9.18 Å². The van der Waals surface area contributed by atoms with Crippen LogP contribution in [0.15, 0.2) is 36.8 Å². The van der Waals surface area contributed by atoms with Crippen LogP contribution in [0.2, 0.25) is 0 Å². The van der Waals surface area contributed by atoms with Gasteiger partial charge in [0.05, 0.1) is 17.7 Å². The fraction of sp³-hybridized carbons (Fsp3) is 0.286. The molecule has 1 heterocycles. The SMILES string of the molecule is CCNCc1cn(CC(=O)Nc2ccccc2F)cn1. The van der Waals surface area contributed by atoms with Crippen LogP contribution in [0.1, 0.15) is 12.6 Å². The molecule has 0 fully saturated rings. The number of benzene rings is 1. The lowest BCUT2D eigenvalue weighted by Gasteiger charge is -2.06. The number of halogens is 1. The average Bonchev–Trinajstić information content (AvgIpc) is 2.86. The molecule has 0 saturated carbocycles. The van der Waals surface area contributed by atoms with E-state index in [-0.39, 0.29) is 18.1 Å². The van der Waals surface area contributed by atoms with Crippen LogP contribution in [0.5, 0.6) is 0 Å². The van der Waals surface area contributed by atoms with Crippen LogP contribution in [0, 0.1) is 5.82 Å². The molecule has 1 aromatic heterocycles.